The van der Waals surface area contributed by atoms with E-state index in [0.717, 1.165) is 25.6 Å². The fourth-order valence-electron chi connectivity index (χ4n) is 3.15. The van der Waals surface area contributed by atoms with Crippen LogP contribution in [-0.4, -0.2) is 13.0 Å². The van der Waals surface area contributed by atoms with Crippen LogP contribution in [0.1, 0.15) is 23.6 Å². The average Bonchev–Trinajstić information content (AvgIpc) is 2.82. The van der Waals surface area contributed by atoms with Crippen LogP contribution in [0.3, 0.4) is 0 Å². The first-order valence-electron chi connectivity index (χ1n) is 10.2. The van der Waals surface area contributed by atoms with Crippen LogP contribution in [0.25, 0.3) is 6.08 Å². The van der Waals surface area contributed by atoms with Gasteiger partial charge in [-0.1, -0.05) is 53.2 Å². The van der Waals surface area contributed by atoms with Crippen molar-refractivity contribution in [2.75, 3.05) is 12.4 Å². The third-order valence-corrected chi connectivity index (χ3v) is 6.20. The number of nitrogens with zero attached hydrogens (tertiary/aromatic N) is 1. The highest BCUT2D eigenvalue weighted by Crippen LogP contribution is 2.35. The molecule has 168 valence electrons. The summed E-state index contributed by atoms with van der Waals surface area (Å²) in [5.74, 6) is 0.681. The standard InChI is InChI=1S/C26H22BrIN2O3/c1-3-19-6-4-5-7-23(19)30-26(31)20(15-29)12-18-13-22(28)25(24(14-18)32-2)33-16-17-8-10-21(27)11-9-17/h4-14H,3,16H2,1-2H3,(H,30,31)/b20-12+. The topological polar surface area (TPSA) is 71.4 Å². The molecule has 7 heteroatoms. The zero-order chi connectivity index (χ0) is 23.8. The van der Waals surface area contributed by atoms with E-state index in [0.29, 0.717) is 29.4 Å². The summed E-state index contributed by atoms with van der Waals surface area (Å²) >= 11 is 5.59. The molecule has 3 aromatic rings. The molecule has 0 fully saturated rings. The van der Waals surface area contributed by atoms with E-state index in [1.807, 2.05) is 67.6 Å². The van der Waals surface area contributed by atoms with Gasteiger partial charge in [0.2, 0.25) is 0 Å². The van der Waals surface area contributed by atoms with Crippen molar-refractivity contribution in [3.8, 4) is 17.6 Å². The number of hydrogen-bond acceptors (Lipinski definition) is 4. The summed E-state index contributed by atoms with van der Waals surface area (Å²) in [6, 6.07) is 21.0. The van der Waals surface area contributed by atoms with E-state index in [1.54, 1.807) is 19.3 Å². The number of aryl methyl sites for hydroxylation is 1. The number of hydrogen-bond donors (Lipinski definition) is 1. The summed E-state index contributed by atoms with van der Waals surface area (Å²) in [5, 5.41) is 12.4. The maximum atomic E-state index is 12.7. The molecule has 0 unspecified atom stereocenters. The zero-order valence-corrected chi connectivity index (χ0v) is 21.9. The largest absolute Gasteiger partial charge is 0.493 e. The number of methoxy groups -OCH3 is 1. The molecule has 0 bridgehead atoms. The summed E-state index contributed by atoms with van der Waals surface area (Å²) in [6.45, 7) is 2.40. The van der Waals surface area contributed by atoms with Gasteiger partial charge in [-0.2, -0.15) is 5.26 Å². The monoisotopic (exact) mass is 616 g/mol. The number of para-hydroxylation sites is 1. The highest BCUT2D eigenvalue weighted by molar-refractivity contribution is 14.1. The Hall–Kier alpha value is -2.83. The Morgan fingerprint density at radius 3 is 2.58 bits per heavy atom. The van der Waals surface area contributed by atoms with Gasteiger partial charge in [-0.25, -0.2) is 0 Å². The first-order valence-corrected chi connectivity index (χ1v) is 12.1. The van der Waals surface area contributed by atoms with Crippen molar-refractivity contribution < 1.29 is 14.3 Å². The Labute approximate surface area is 215 Å². The number of benzene rings is 3. The van der Waals surface area contributed by atoms with Crippen molar-refractivity contribution >= 4 is 56.2 Å². The lowest BCUT2D eigenvalue weighted by atomic mass is 10.1. The summed E-state index contributed by atoms with van der Waals surface area (Å²) in [7, 11) is 1.56. The van der Waals surface area contributed by atoms with E-state index in [9.17, 15) is 10.1 Å². The summed E-state index contributed by atoms with van der Waals surface area (Å²) in [4.78, 5) is 12.7. The molecule has 5 nitrogen and oxygen atoms in total. The van der Waals surface area contributed by atoms with E-state index in [1.165, 1.54) is 0 Å². The Kier molecular flexibility index (Phi) is 8.92. The number of halogens is 2. The molecular formula is C26H22BrIN2O3. The number of nitrogens with one attached hydrogen (secondary N) is 1. The number of nitriles is 1. The molecule has 0 aliphatic carbocycles. The van der Waals surface area contributed by atoms with Gasteiger partial charge in [-0.15, -0.1) is 0 Å². The van der Waals surface area contributed by atoms with Crippen LogP contribution >= 0.6 is 38.5 Å². The van der Waals surface area contributed by atoms with Gasteiger partial charge in [0.1, 0.15) is 18.2 Å². The van der Waals surface area contributed by atoms with E-state index < -0.39 is 5.91 Å². The molecule has 1 amide bonds. The fourth-order valence-corrected chi connectivity index (χ4v) is 4.20. The van der Waals surface area contributed by atoms with Crippen LogP contribution in [0.5, 0.6) is 11.5 Å². The lowest BCUT2D eigenvalue weighted by molar-refractivity contribution is -0.112. The van der Waals surface area contributed by atoms with Crippen LogP contribution in [0, 0.1) is 14.9 Å². The van der Waals surface area contributed by atoms with Gasteiger partial charge in [0.25, 0.3) is 5.91 Å². The van der Waals surface area contributed by atoms with Crippen LogP contribution in [0.2, 0.25) is 0 Å². The smallest absolute Gasteiger partial charge is 0.266 e. The first kappa shape index (κ1) is 24.8. The summed E-state index contributed by atoms with van der Waals surface area (Å²) < 4.78 is 13.4. The van der Waals surface area contributed by atoms with Gasteiger partial charge < -0.3 is 14.8 Å². The molecule has 0 heterocycles. The van der Waals surface area contributed by atoms with Crippen LogP contribution in [0.15, 0.2) is 70.7 Å². The molecule has 0 aliphatic rings. The fraction of sp³-hybridized carbons (Fsp3) is 0.154. The normalized spacial score (nSPS) is 10.9. The second-order valence-corrected chi connectivity index (χ2v) is 9.16. The highest BCUT2D eigenvalue weighted by Gasteiger charge is 2.15. The molecule has 0 aliphatic heterocycles. The zero-order valence-electron chi connectivity index (χ0n) is 18.2. The van der Waals surface area contributed by atoms with Crippen molar-refractivity contribution in [3.63, 3.8) is 0 Å². The summed E-state index contributed by atoms with van der Waals surface area (Å²) in [5.41, 5.74) is 3.41. The van der Waals surface area contributed by atoms with E-state index in [-0.39, 0.29) is 5.57 Å². The van der Waals surface area contributed by atoms with E-state index >= 15 is 0 Å². The Balaban J connectivity index is 1.82. The SMILES string of the molecule is CCc1ccccc1NC(=O)/C(C#N)=C/c1cc(I)c(OCc2ccc(Br)cc2)c(OC)c1. The molecular weight excluding hydrogens is 595 g/mol. The van der Waals surface area contributed by atoms with Crippen molar-refractivity contribution in [2.24, 2.45) is 0 Å². The van der Waals surface area contributed by atoms with Gasteiger partial charge in [0.05, 0.1) is 10.7 Å². The quantitative estimate of drug-likeness (QED) is 0.173. The third-order valence-electron chi connectivity index (χ3n) is 4.87. The molecule has 0 aromatic heterocycles. The highest BCUT2D eigenvalue weighted by atomic mass is 127. The Morgan fingerprint density at radius 1 is 1.18 bits per heavy atom. The number of ether oxygens (including phenoxy) is 2. The lowest BCUT2D eigenvalue weighted by Crippen LogP contribution is -2.14. The third kappa shape index (κ3) is 6.59. The van der Waals surface area contributed by atoms with Crippen molar-refractivity contribution in [2.45, 2.75) is 20.0 Å². The molecule has 0 spiro atoms. The van der Waals surface area contributed by atoms with Gasteiger partial charge >= 0.3 is 0 Å². The number of carbonyl (C=O) groups is 1. The van der Waals surface area contributed by atoms with Crippen LogP contribution in [0.4, 0.5) is 5.69 Å². The lowest BCUT2D eigenvalue weighted by Gasteiger charge is -2.14. The Morgan fingerprint density at radius 2 is 1.91 bits per heavy atom. The van der Waals surface area contributed by atoms with Crippen molar-refractivity contribution in [3.05, 3.63) is 91.0 Å². The number of amides is 1. The molecule has 0 atom stereocenters. The van der Waals surface area contributed by atoms with Gasteiger partial charge in [0, 0.05) is 10.2 Å². The molecule has 0 radical (unpaired) electrons. The predicted molar refractivity (Wildman–Crippen MR) is 142 cm³/mol. The minimum atomic E-state index is -0.456. The average molecular weight is 617 g/mol. The first-order chi connectivity index (χ1) is 15.9. The molecule has 0 saturated carbocycles. The Bertz CT molecular complexity index is 1220. The van der Waals surface area contributed by atoms with Gasteiger partial charge in [0.15, 0.2) is 11.5 Å². The van der Waals surface area contributed by atoms with E-state index in [2.05, 4.69) is 43.8 Å². The predicted octanol–water partition coefficient (Wildman–Crippen LogP) is 6.75. The molecule has 3 rings (SSSR count). The minimum Gasteiger partial charge on any atom is -0.493 e. The molecule has 1 N–H and O–H groups in total. The van der Waals surface area contributed by atoms with Crippen LogP contribution < -0.4 is 14.8 Å². The second kappa shape index (κ2) is 11.9. The number of rotatable bonds is 8. The summed E-state index contributed by atoms with van der Waals surface area (Å²) in [6.07, 6.45) is 2.33. The van der Waals surface area contributed by atoms with Gasteiger partial charge in [-0.3, -0.25) is 4.79 Å². The maximum absolute atomic E-state index is 12.7. The molecule has 33 heavy (non-hydrogen) atoms. The van der Waals surface area contributed by atoms with Gasteiger partial charge in [-0.05, 0) is 82.1 Å². The van der Waals surface area contributed by atoms with Crippen molar-refractivity contribution in [1.82, 2.24) is 0 Å². The maximum Gasteiger partial charge on any atom is 0.266 e. The second-order valence-electron chi connectivity index (χ2n) is 7.08. The van der Waals surface area contributed by atoms with Crippen molar-refractivity contribution in [1.29, 1.82) is 5.26 Å². The number of anilines is 1. The molecule has 3 aromatic carbocycles. The molecule has 0 saturated heterocycles. The minimum absolute atomic E-state index is 0.00212. The van der Waals surface area contributed by atoms with Crippen LogP contribution in [-0.2, 0) is 17.8 Å². The number of carbonyl (C=O) groups excluding carboxylic acids is 1. The van der Waals surface area contributed by atoms with E-state index in [4.69, 9.17) is 9.47 Å².